The van der Waals surface area contributed by atoms with Crippen molar-refractivity contribution in [1.82, 2.24) is 5.32 Å². The van der Waals surface area contributed by atoms with Gasteiger partial charge in [-0.3, -0.25) is 0 Å². The Balaban J connectivity index is 1.76. The highest BCUT2D eigenvalue weighted by molar-refractivity contribution is 7.92. The van der Waals surface area contributed by atoms with Crippen molar-refractivity contribution in [3.63, 3.8) is 0 Å². The van der Waals surface area contributed by atoms with E-state index in [1.54, 1.807) is 0 Å². The first-order valence-corrected chi connectivity index (χ1v) is 8.38. The summed E-state index contributed by atoms with van der Waals surface area (Å²) in [4.78, 5) is 0. The lowest BCUT2D eigenvalue weighted by molar-refractivity contribution is 0.126. The quantitative estimate of drug-likeness (QED) is 0.805. The van der Waals surface area contributed by atoms with Gasteiger partial charge < -0.3 is 10.1 Å². The molecule has 0 aromatic carbocycles. The lowest BCUT2D eigenvalue weighted by Crippen LogP contribution is -2.36. The maximum Gasteiger partial charge on any atom is 0.157 e. The van der Waals surface area contributed by atoms with Gasteiger partial charge >= 0.3 is 0 Å². The number of rotatable bonds is 5. The second kappa shape index (κ2) is 5.67. The van der Waals surface area contributed by atoms with Crippen LogP contribution in [0.5, 0.6) is 0 Å². The Kier molecular flexibility index (Phi) is 4.44. The van der Waals surface area contributed by atoms with Crippen molar-refractivity contribution in [3.8, 4) is 0 Å². The average molecular weight is 261 g/mol. The van der Waals surface area contributed by atoms with Crippen LogP contribution in [0.2, 0.25) is 0 Å². The van der Waals surface area contributed by atoms with Crippen LogP contribution in [0.3, 0.4) is 0 Å². The summed E-state index contributed by atoms with van der Waals surface area (Å²) in [6.45, 7) is 3.04. The Morgan fingerprint density at radius 3 is 2.53 bits per heavy atom. The average Bonchev–Trinajstić information content (AvgIpc) is 2.88. The van der Waals surface area contributed by atoms with Crippen LogP contribution in [0.25, 0.3) is 0 Å². The largest absolute Gasteiger partial charge is 0.377 e. The van der Waals surface area contributed by atoms with Crippen molar-refractivity contribution in [3.05, 3.63) is 0 Å². The molecule has 0 amide bonds. The minimum atomic E-state index is -2.99. The fraction of sp³-hybridized carbons (Fsp3) is 1.00. The van der Waals surface area contributed by atoms with Crippen molar-refractivity contribution >= 4 is 9.84 Å². The van der Waals surface area contributed by atoms with Crippen LogP contribution in [-0.4, -0.2) is 44.7 Å². The third kappa shape index (κ3) is 3.42. The Morgan fingerprint density at radius 2 is 1.94 bits per heavy atom. The lowest BCUT2D eigenvalue weighted by Gasteiger charge is -2.16. The van der Waals surface area contributed by atoms with E-state index in [1.165, 1.54) is 25.7 Å². The topological polar surface area (TPSA) is 55.4 Å². The summed E-state index contributed by atoms with van der Waals surface area (Å²) in [5.41, 5.74) is 0. The fourth-order valence-corrected chi connectivity index (χ4v) is 4.69. The number of ether oxygens (including phenoxy) is 1. The van der Waals surface area contributed by atoms with Gasteiger partial charge in [0.1, 0.15) is 0 Å². The van der Waals surface area contributed by atoms with Crippen molar-refractivity contribution < 1.29 is 13.2 Å². The number of hydrogen-bond donors (Lipinski definition) is 1. The van der Waals surface area contributed by atoms with E-state index in [0.717, 1.165) is 0 Å². The summed E-state index contributed by atoms with van der Waals surface area (Å²) < 4.78 is 29.5. The Labute approximate surface area is 104 Å². The van der Waals surface area contributed by atoms with E-state index >= 15 is 0 Å². The van der Waals surface area contributed by atoms with Crippen molar-refractivity contribution in [2.24, 2.45) is 0 Å². The van der Waals surface area contributed by atoms with Crippen molar-refractivity contribution in [2.45, 2.75) is 56.4 Å². The van der Waals surface area contributed by atoms with Gasteiger partial charge in [-0.05, 0) is 26.2 Å². The predicted molar refractivity (Wildman–Crippen MR) is 67.9 cm³/mol. The van der Waals surface area contributed by atoms with Crippen LogP contribution < -0.4 is 5.32 Å². The predicted octanol–water partition coefficient (Wildman–Crippen LogP) is 1.11. The molecule has 2 fully saturated rings. The first-order valence-electron chi connectivity index (χ1n) is 6.66. The maximum atomic E-state index is 12.1. The Bertz CT molecular complexity index is 336. The second-order valence-corrected chi connectivity index (χ2v) is 7.54. The van der Waals surface area contributed by atoms with E-state index in [2.05, 4.69) is 5.32 Å². The first kappa shape index (κ1) is 13.3. The highest BCUT2D eigenvalue weighted by atomic mass is 32.2. The van der Waals surface area contributed by atoms with Gasteiger partial charge in [0.2, 0.25) is 0 Å². The highest BCUT2D eigenvalue weighted by Crippen LogP contribution is 2.21. The van der Waals surface area contributed by atoms with Crippen LogP contribution >= 0.6 is 0 Å². The van der Waals surface area contributed by atoms with Gasteiger partial charge in [-0.2, -0.15) is 0 Å². The SMILES string of the molecule is CC1OCCC1S(=O)(=O)CCNC1CCCC1. The number of nitrogens with one attached hydrogen (secondary N) is 1. The van der Waals surface area contributed by atoms with Gasteiger partial charge in [0.05, 0.1) is 17.1 Å². The van der Waals surface area contributed by atoms with E-state index in [0.29, 0.717) is 25.6 Å². The van der Waals surface area contributed by atoms with Gasteiger partial charge in [-0.15, -0.1) is 0 Å². The molecule has 4 nitrogen and oxygen atoms in total. The van der Waals surface area contributed by atoms with Crippen LogP contribution in [-0.2, 0) is 14.6 Å². The molecule has 1 N–H and O–H groups in total. The summed E-state index contributed by atoms with van der Waals surface area (Å²) in [6, 6.07) is 0.544. The maximum absolute atomic E-state index is 12.1. The number of hydrogen-bond acceptors (Lipinski definition) is 4. The third-order valence-electron chi connectivity index (χ3n) is 3.94. The lowest BCUT2D eigenvalue weighted by atomic mass is 10.2. The molecule has 0 radical (unpaired) electrons. The minimum absolute atomic E-state index is 0.133. The molecule has 1 heterocycles. The summed E-state index contributed by atoms with van der Waals surface area (Å²) in [5.74, 6) is 0.252. The first-order chi connectivity index (χ1) is 8.09. The summed E-state index contributed by atoms with van der Waals surface area (Å²) in [5, 5.41) is 3.07. The highest BCUT2D eigenvalue weighted by Gasteiger charge is 2.35. The smallest absolute Gasteiger partial charge is 0.157 e. The molecule has 5 heteroatoms. The van der Waals surface area contributed by atoms with E-state index in [-0.39, 0.29) is 17.1 Å². The van der Waals surface area contributed by atoms with Gasteiger partial charge in [-0.25, -0.2) is 8.42 Å². The molecule has 0 aromatic heterocycles. The van der Waals surface area contributed by atoms with E-state index in [1.807, 2.05) is 6.92 Å². The molecule has 0 spiro atoms. The van der Waals surface area contributed by atoms with Gasteiger partial charge in [0.25, 0.3) is 0 Å². The van der Waals surface area contributed by atoms with Gasteiger partial charge in [0, 0.05) is 19.2 Å². The minimum Gasteiger partial charge on any atom is -0.377 e. The molecule has 1 saturated carbocycles. The molecule has 0 bridgehead atoms. The molecule has 1 saturated heterocycles. The molecular formula is C12H23NO3S. The second-order valence-electron chi connectivity index (χ2n) is 5.21. The molecule has 17 heavy (non-hydrogen) atoms. The molecule has 100 valence electrons. The Morgan fingerprint density at radius 1 is 1.24 bits per heavy atom. The number of sulfone groups is 1. The summed E-state index contributed by atoms with van der Waals surface area (Å²) in [7, 11) is -2.99. The van der Waals surface area contributed by atoms with E-state index in [4.69, 9.17) is 4.74 Å². The van der Waals surface area contributed by atoms with Crippen LogP contribution in [0.4, 0.5) is 0 Å². The Hall–Kier alpha value is -0.130. The van der Waals surface area contributed by atoms with Crippen LogP contribution in [0.1, 0.15) is 39.0 Å². The molecule has 1 aliphatic carbocycles. The molecule has 2 unspecified atom stereocenters. The summed E-state index contributed by atoms with van der Waals surface area (Å²) >= 11 is 0. The third-order valence-corrected chi connectivity index (χ3v) is 6.26. The van der Waals surface area contributed by atoms with Gasteiger partial charge in [0.15, 0.2) is 9.84 Å². The summed E-state index contributed by atoms with van der Waals surface area (Å²) in [6.07, 6.45) is 5.47. The normalized spacial score (nSPS) is 31.1. The molecule has 0 aromatic rings. The zero-order chi connectivity index (χ0) is 12.3. The van der Waals surface area contributed by atoms with Crippen LogP contribution in [0.15, 0.2) is 0 Å². The molecular weight excluding hydrogens is 238 g/mol. The molecule has 1 aliphatic heterocycles. The standard InChI is InChI=1S/C12H23NO3S/c1-10-12(6-8-16-10)17(14,15)9-7-13-11-4-2-3-5-11/h10-13H,2-9H2,1H3. The fourth-order valence-electron chi connectivity index (χ4n) is 2.87. The van der Waals surface area contributed by atoms with Crippen LogP contribution in [0, 0.1) is 0 Å². The van der Waals surface area contributed by atoms with E-state index in [9.17, 15) is 8.42 Å². The molecule has 2 atom stereocenters. The monoisotopic (exact) mass is 261 g/mol. The zero-order valence-electron chi connectivity index (χ0n) is 10.5. The van der Waals surface area contributed by atoms with E-state index < -0.39 is 9.84 Å². The van der Waals surface area contributed by atoms with Crippen molar-refractivity contribution in [1.29, 1.82) is 0 Å². The van der Waals surface area contributed by atoms with Crippen molar-refractivity contribution in [2.75, 3.05) is 18.9 Å². The molecule has 2 aliphatic rings. The van der Waals surface area contributed by atoms with Gasteiger partial charge in [-0.1, -0.05) is 12.8 Å². The molecule has 2 rings (SSSR count). The zero-order valence-corrected chi connectivity index (χ0v) is 11.3.